The molecule has 0 aliphatic carbocycles. The fourth-order valence-electron chi connectivity index (χ4n) is 8.32. The van der Waals surface area contributed by atoms with Crippen molar-refractivity contribution in [3.63, 3.8) is 0 Å². The van der Waals surface area contributed by atoms with Crippen molar-refractivity contribution in [2.75, 3.05) is 19.8 Å². The molecular formula is C63H112O5. The third-order valence-corrected chi connectivity index (χ3v) is 12.7. The van der Waals surface area contributed by atoms with Gasteiger partial charge >= 0.3 is 11.9 Å². The van der Waals surface area contributed by atoms with E-state index in [2.05, 4.69) is 93.7 Å². The van der Waals surface area contributed by atoms with Crippen molar-refractivity contribution in [1.29, 1.82) is 0 Å². The smallest absolute Gasteiger partial charge is 0.306 e. The van der Waals surface area contributed by atoms with E-state index >= 15 is 0 Å². The van der Waals surface area contributed by atoms with Gasteiger partial charge < -0.3 is 14.2 Å². The van der Waals surface area contributed by atoms with Crippen LogP contribution in [0, 0.1) is 0 Å². The summed E-state index contributed by atoms with van der Waals surface area (Å²) in [6.45, 7) is 7.70. The van der Waals surface area contributed by atoms with E-state index in [1.165, 1.54) is 161 Å². The molecule has 0 saturated carbocycles. The molecule has 1 unspecified atom stereocenters. The Morgan fingerprint density at radius 2 is 0.662 bits per heavy atom. The topological polar surface area (TPSA) is 61.8 Å². The zero-order chi connectivity index (χ0) is 49.2. The number of ether oxygens (including phenoxy) is 3. The van der Waals surface area contributed by atoms with Crippen LogP contribution in [0.15, 0.2) is 72.9 Å². The lowest BCUT2D eigenvalue weighted by Gasteiger charge is -2.18. The Labute approximate surface area is 423 Å². The maximum absolute atomic E-state index is 12.9. The highest BCUT2D eigenvalue weighted by Gasteiger charge is 2.17. The lowest BCUT2D eigenvalue weighted by Crippen LogP contribution is -2.30. The van der Waals surface area contributed by atoms with Crippen LogP contribution in [0.4, 0.5) is 0 Å². The van der Waals surface area contributed by atoms with E-state index in [-0.39, 0.29) is 25.2 Å². The van der Waals surface area contributed by atoms with Gasteiger partial charge in [0, 0.05) is 19.4 Å². The van der Waals surface area contributed by atoms with E-state index in [9.17, 15) is 9.59 Å². The molecule has 5 heteroatoms. The third-order valence-electron chi connectivity index (χ3n) is 12.7. The summed E-state index contributed by atoms with van der Waals surface area (Å²) in [5.74, 6) is -0.426. The Morgan fingerprint density at radius 1 is 0.338 bits per heavy atom. The molecule has 0 amide bonds. The molecule has 0 fully saturated rings. The zero-order valence-electron chi connectivity index (χ0n) is 45.4. The predicted octanol–water partition coefficient (Wildman–Crippen LogP) is 20.2. The average Bonchev–Trinajstić information content (AvgIpc) is 3.34. The summed E-state index contributed by atoms with van der Waals surface area (Å²) >= 11 is 0. The minimum atomic E-state index is -0.554. The first-order chi connectivity index (χ1) is 33.6. The third kappa shape index (κ3) is 55.9. The quantitative estimate of drug-likeness (QED) is 0.0345. The minimum absolute atomic E-state index is 0.0682. The van der Waals surface area contributed by atoms with Crippen LogP contribution >= 0.6 is 0 Å². The fourth-order valence-corrected chi connectivity index (χ4v) is 8.32. The highest BCUT2D eigenvalue weighted by Crippen LogP contribution is 2.15. The highest BCUT2D eigenvalue weighted by atomic mass is 16.6. The van der Waals surface area contributed by atoms with Gasteiger partial charge in [-0.05, 0) is 109 Å². The molecule has 1 atom stereocenters. The summed E-state index contributed by atoms with van der Waals surface area (Å²) in [7, 11) is 0. The summed E-state index contributed by atoms with van der Waals surface area (Å²) in [5.41, 5.74) is 0. The molecule has 0 aromatic heterocycles. The standard InChI is InChI=1S/C63H112O5/c1-4-7-10-13-16-19-22-25-28-30-31-32-34-37-40-43-46-49-52-55-58-66-59-61(68-63(65)57-54-51-48-45-42-39-35-27-24-21-18-15-12-9-6-3)60-67-62(64)56-53-50-47-44-41-38-36-33-29-26-23-20-17-14-11-8-5-2/h8,11,17,20,25-29,35-36,38,61H,4-7,9-10,12-16,18-19,21-24,30-34,37,39-60H2,1-3H3/b11-8-,20-17-,28-25-,29-26-,35-27-,38-36-. The number of carbonyl (C=O) groups is 2. The molecule has 0 aromatic carbocycles. The first-order valence-corrected chi connectivity index (χ1v) is 29.5. The largest absolute Gasteiger partial charge is 0.462 e. The van der Waals surface area contributed by atoms with Crippen molar-refractivity contribution in [1.82, 2.24) is 0 Å². The second-order valence-electron chi connectivity index (χ2n) is 19.5. The van der Waals surface area contributed by atoms with Crippen molar-refractivity contribution in [3.05, 3.63) is 72.9 Å². The molecule has 0 rings (SSSR count). The second kappa shape index (κ2) is 58.7. The molecule has 0 aromatic rings. The number of allylic oxidation sites excluding steroid dienone is 12. The fraction of sp³-hybridized carbons (Fsp3) is 0.778. The van der Waals surface area contributed by atoms with Gasteiger partial charge in [-0.15, -0.1) is 0 Å². The Hall–Kier alpha value is -2.66. The number of hydrogen-bond donors (Lipinski definition) is 0. The maximum Gasteiger partial charge on any atom is 0.306 e. The van der Waals surface area contributed by atoms with Gasteiger partial charge in [0.2, 0.25) is 0 Å². The Bertz CT molecular complexity index is 1210. The maximum atomic E-state index is 12.9. The van der Waals surface area contributed by atoms with E-state index in [1.807, 2.05) is 0 Å². The summed E-state index contributed by atoms with van der Waals surface area (Å²) in [6.07, 6.45) is 76.4. The van der Waals surface area contributed by atoms with Crippen molar-refractivity contribution in [2.45, 2.75) is 297 Å². The van der Waals surface area contributed by atoms with Crippen molar-refractivity contribution in [2.24, 2.45) is 0 Å². The number of hydrogen-bond acceptors (Lipinski definition) is 5. The average molecular weight is 950 g/mol. The zero-order valence-corrected chi connectivity index (χ0v) is 45.4. The SMILES string of the molecule is CC/C=C\C/C=C\C/C=C\C/C=C\CCCCCCC(=O)OCC(COCCCCCCCCCCCC/C=C\CCCCCCCC)OC(=O)CCCCCCC/C=C\CCCCCCCC. The lowest BCUT2D eigenvalue weighted by molar-refractivity contribution is -0.163. The number of carbonyl (C=O) groups excluding carboxylic acids is 2. The molecule has 68 heavy (non-hydrogen) atoms. The molecular weight excluding hydrogens is 837 g/mol. The number of esters is 2. The first-order valence-electron chi connectivity index (χ1n) is 29.5. The predicted molar refractivity (Wildman–Crippen MR) is 297 cm³/mol. The summed E-state index contributed by atoms with van der Waals surface area (Å²) in [4.78, 5) is 25.5. The van der Waals surface area contributed by atoms with Gasteiger partial charge in [-0.25, -0.2) is 0 Å². The van der Waals surface area contributed by atoms with Crippen molar-refractivity contribution in [3.8, 4) is 0 Å². The molecule has 394 valence electrons. The highest BCUT2D eigenvalue weighted by molar-refractivity contribution is 5.70. The van der Waals surface area contributed by atoms with Gasteiger partial charge in [0.25, 0.3) is 0 Å². The van der Waals surface area contributed by atoms with Crippen LogP contribution < -0.4 is 0 Å². The molecule has 0 saturated heterocycles. The van der Waals surface area contributed by atoms with Gasteiger partial charge in [-0.3, -0.25) is 9.59 Å². The van der Waals surface area contributed by atoms with Gasteiger partial charge in [0.05, 0.1) is 6.61 Å². The molecule has 0 bridgehead atoms. The molecule has 0 aliphatic heterocycles. The molecule has 0 spiro atoms. The van der Waals surface area contributed by atoms with Gasteiger partial charge in [-0.1, -0.05) is 241 Å². The molecule has 0 aliphatic rings. The van der Waals surface area contributed by atoms with E-state index in [4.69, 9.17) is 14.2 Å². The van der Waals surface area contributed by atoms with Crippen molar-refractivity contribution >= 4 is 11.9 Å². The van der Waals surface area contributed by atoms with E-state index in [1.54, 1.807) is 0 Å². The van der Waals surface area contributed by atoms with Crippen LogP contribution in [0.25, 0.3) is 0 Å². The molecule has 5 nitrogen and oxygen atoms in total. The van der Waals surface area contributed by atoms with Gasteiger partial charge in [-0.2, -0.15) is 0 Å². The summed E-state index contributed by atoms with van der Waals surface area (Å²) in [5, 5.41) is 0. The second-order valence-corrected chi connectivity index (χ2v) is 19.5. The minimum Gasteiger partial charge on any atom is -0.462 e. The summed E-state index contributed by atoms with van der Waals surface area (Å²) < 4.78 is 17.5. The Morgan fingerprint density at radius 3 is 1.07 bits per heavy atom. The number of unbranched alkanes of at least 4 members (excludes halogenated alkanes) is 31. The summed E-state index contributed by atoms with van der Waals surface area (Å²) in [6, 6.07) is 0. The van der Waals surface area contributed by atoms with E-state index in [0.717, 1.165) is 96.3 Å². The van der Waals surface area contributed by atoms with E-state index in [0.29, 0.717) is 19.4 Å². The molecule has 0 N–H and O–H groups in total. The monoisotopic (exact) mass is 949 g/mol. The number of rotatable bonds is 54. The Kier molecular flexibility index (Phi) is 56.4. The van der Waals surface area contributed by atoms with Crippen LogP contribution in [-0.4, -0.2) is 37.9 Å². The van der Waals surface area contributed by atoms with E-state index < -0.39 is 6.10 Å². The normalized spacial score (nSPS) is 12.7. The van der Waals surface area contributed by atoms with Crippen LogP contribution in [-0.2, 0) is 23.8 Å². The Balaban J connectivity index is 4.30. The van der Waals surface area contributed by atoms with Crippen molar-refractivity contribution < 1.29 is 23.8 Å². The van der Waals surface area contributed by atoms with Crippen LogP contribution in [0.3, 0.4) is 0 Å². The molecule has 0 heterocycles. The van der Waals surface area contributed by atoms with Gasteiger partial charge in [0.1, 0.15) is 6.61 Å². The van der Waals surface area contributed by atoms with Gasteiger partial charge in [0.15, 0.2) is 6.10 Å². The van der Waals surface area contributed by atoms with Crippen LogP contribution in [0.5, 0.6) is 0 Å². The lowest BCUT2D eigenvalue weighted by atomic mass is 10.1. The molecule has 0 radical (unpaired) electrons. The van der Waals surface area contributed by atoms with Crippen LogP contribution in [0.1, 0.15) is 290 Å². The first kappa shape index (κ1) is 65.3. The van der Waals surface area contributed by atoms with Crippen LogP contribution in [0.2, 0.25) is 0 Å².